The van der Waals surface area contributed by atoms with Crippen LogP contribution in [0, 0.1) is 0 Å². The Kier molecular flexibility index (Phi) is 10.6. The van der Waals surface area contributed by atoms with Crippen molar-refractivity contribution in [2.75, 3.05) is 0 Å². The Labute approximate surface area is 138 Å². The molecule has 1 unspecified atom stereocenters. The second-order valence-corrected chi connectivity index (χ2v) is 9.25. The molecule has 1 aliphatic carbocycles. The van der Waals surface area contributed by atoms with Gasteiger partial charge < -0.3 is 0 Å². The van der Waals surface area contributed by atoms with E-state index in [1.807, 2.05) is 0 Å². The summed E-state index contributed by atoms with van der Waals surface area (Å²) in [5.74, 6) is 0. The quantitative estimate of drug-likeness (QED) is 0.680. The zero-order valence-electron chi connectivity index (χ0n) is 11.9. The fraction of sp³-hybridized carbons (Fsp3) is 0.692. The van der Waals surface area contributed by atoms with E-state index in [1.54, 1.807) is 0 Å². The van der Waals surface area contributed by atoms with Gasteiger partial charge >= 0.3 is 114 Å². The monoisotopic (exact) mass is 343 g/mol. The van der Waals surface area contributed by atoms with Crippen LogP contribution in [-0.4, -0.2) is 20.1 Å². The van der Waals surface area contributed by atoms with Crippen LogP contribution in [-0.2, 0) is 25.2 Å². The Morgan fingerprint density at radius 2 is 1.94 bits per heavy atom. The summed E-state index contributed by atoms with van der Waals surface area (Å²) in [6, 6.07) is 0. The second-order valence-electron chi connectivity index (χ2n) is 5.06. The van der Waals surface area contributed by atoms with E-state index in [-0.39, 0.29) is 30.0 Å². The normalized spacial score (nSPS) is 17.7. The molecule has 0 fully saturated rings. The minimum atomic E-state index is -0.900. The molecule has 0 saturated heterocycles. The van der Waals surface area contributed by atoms with E-state index >= 15 is 0 Å². The molecule has 0 amide bonds. The molecule has 18 heavy (non-hydrogen) atoms. The summed E-state index contributed by atoms with van der Waals surface area (Å²) < 4.78 is 7.86. The molecular formula is C13H25Cl2OSiTi. The van der Waals surface area contributed by atoms with Crippen LogP contribution in [0.4, 0.5) is 0 Å². The van der Waals surface area contributed by atoms with Gasteiger partial charge in [0.15, 0.2) is 0 Å². The third-order valence-electron chi connectivity index (χ3n) is 3.29. The molecule has 105 valence electrons. The molecule has 1 atom stereocenters. The third kappa shape index (κ3) is 4.50. The van der Waals surface area contributed by atoms with Crippen molar-refractivity contribution in [3.05, 3.63) is 21.6 Å². The molecule has 1 aliphatic rings. The summed E-state index contributed by atoms with van der Waals surface area (Å²) in [4.78, 5) is 0. The van der Waals surface area contributed by atoms with Crippen LogP contribution >= 0.6 is 24.8 Å². The summed E-state index contributed by atoms with van der Waals surface area (Å²) in [5, 5.41) is 0.0469. The summed E-state index contributed by atoms with van der Waals surface area (Å²) in [7, 11) is -0.900. The maximum Gasteiger partial charge on any atom is -0.147 e. The average Bonchev–Trinajstić information content (AvgIpc) is 2.60. The van der Waals surface area contributed by atoms with E-state index in [9.17, 15) is 0 Å². The molecular weight excluding hydrogens is 319 g/mol. The third-order valence-corrected chi connectivity index (χ3v) is 6.75. The van der Waals surface area contributed by atoms with Gasteiger partial charge in [0.1, 0.15) is 0 Å². The van der Waals surface area contributed by atoms with Crippen LogP contribution in [0.5, 0.6) is 0 Å². The van der Waals surface area contributed by atoms with Gasteiger partial charge in [-0.25, -0.2) is 0 Å². The van der Waals surface area contributed by atoms with Crippen molar-refractivity contribution in [1.29, 1.82) is 0 Å². The number of halogens is 2. The molecule has 0 aliphatic heterocycles. The Balaban J connectivity index is 0. The molecule has 0 heterocycles. The van der Waals surface area contributed by atoms with Crippen molar-refractivity contribution in [3.63, 3.8) is 0 Å². The molecule has 1 nitrogen and oxygen atoms in total. The van der Waals surface area contributed by atoms with Crippen LogP contribution in [0.1, 0.15) is 33.6 Å². The number of hydrogen-bond acceptors (Lipinski definition) is 1. The standard InChI is InChI=1S/C13H23OSi.2ClH.Ti/c1-6-13(15(4)5,14-11(2)3)12-9-7-8-10-12;;;/h7,9,11,15H,6,8H2,1-5H3;2*1H;. The number of rotatable bonds is 5. The van der Waals surface area contributed by atoms with Crippen molar-refractivity contribution >= 4 is 33.6 Å². The maximum absolute atomic E-state index is 6.36. The Hall–Kier alpha value is 0.951. The first-order chi connectivity index (χ1) is 7.44. The minimum Gasteiger partial charge on any atom is -0.147 e. The SMILES string of the molecule is CCC(OC(C)C)(C1=[C]([Ti])CC=C1)[SiH](C)C.Cl.Cl. The van der Waals surface area contributed by atoms with Gasteiger partial charge in [0.2, 0.25) is 0 Å². The van der Waals surface area contributed by atoms with Crippen LogP contribution in [0.15, 0.2) is 21.6 Å². The van der Waals surface area contributed by atoms with Crippen molar-refractivity contribution < 1.29 is 25.2 Å². The summed E-state index contributed by atoms with van der Waals surface area (Å²) in [6.07, 6.45) is 7.10. The molecule has 0 aromatic rings. The minimum absolute atomic E-state index is 0. The van der Waals surface area contributed by atoms with Crippen molar-refractivity contribution in [2.45, 2.75) is 58.0 Å². The molecule has 5 heteroatoms. The van der Waals surface area contributed by atoms with Gasteiger partial charge in [-0.2, -0.15) is 0 Å². The molecule has 1 rings (SSSR count). The van der Waals surface area contributed by atoms with Gasteiger partial charge in [-0.1, -0.05) is 0 Å². The van der Waals surface area contributed by atoms with Gasteiger partial charge in [-0.15, -0.1) is 24.8 Å². The van der Waals surface area contributed by atoms with Gasteiger partial charge in [0.25, 0.3) is 0 Å². The fourth-order valence-electron chi connectivity index (χ4n) is 2.51. The van der Waals surface area contributed by atoms with E-state index in [0.29, 0.717) is 6.10 Å². The molecule has 0 N–H and O–H groups in total. The van der Waals surface area contributed by atoms with Gasteiger partial charge in [-0.05, 0) is 0 Å². The molecule has 0 saturated carbocycles. The molecule has 0 radical (unpaired) electrons. The largest absolute Gasteiger partial charge is 0.147 e. The van der Waals surface area contributed by atoms with E-state index in [0.717, 1.165) is 12.8 Å². The Bertz CT molecular complexity index is 316. The maximum atomic E-state index is 6.36. The first-order valence-corrected chi connectivity index (χ1v) is 9.90. The Morgan fingerprint density at radius 3 is 2.22 bits per heavy atom. The van der Waals surface area contributed by atoms with Gasteiger partial charge in [0.05, 0.1) is 0 Å². The molecule has 0 aromatic heterocycles. The van der Waals surface area contributed by atoms with Crippen LogP contribution in [0.3, 0.4) is 0 Å². The first kappa shape index (κ1) is 21.3. The topological polar surface area (TPSA) is 9.23 Å². The zero-order chi connectivity index (χ0) is 12.3. The predicted molar refractivity (Wildman–Crippen MR) is 83.4 cm³/mol. The van der Waals surface area contributed by atoms with Gasteiger partial charge in [0, 0.05) is 0 Å². The number of hydrogen-bond donors (Lipinski definition) is 0. The Morgan fingerprint density at radius 1 is 1.39 bits per heavy atom. The van der Waals surface area contributed by atoms with E-state index < -0.39 is 8.80 Å². The van der Waals surface area contributed by atoms with Gasteiger partial charge in [-0.3, -0.25) is 0 Å². The summed E-state index contributed by atoms with van der Waals surface area (Å²) in [6.45, 7) is 11.4. The van der Waals surface area contributed by atoms with E-state index in [1.165, 1.54) is 9.45 Å². The van der Waals surface area contributed by atoms with E-state index in [4.69, 9.17) is 4.74 Å². The smallest absolute Gasteiger partial charge is 0.147 e. The summed E-state index contributed by atoms with van der Waals surface area (Å²) in [5.41, 5.74) is 1.48. The second kappa shape index (κ2) is 8.99. The predicted octanol–water partition coefficient (Wildman–Crippen LogP) is 4.19. The van der Waals surface area contributed by atoms with Crippen molar-refractivity contribution in [1.82, 2.24) is 0 Å². The molecule has 0 spiro atoms. The van der Waals surface area contributed by atoms with Crippen LogP contribution in [0.25, 0.3) is 0 Å². The number of allylic oxidation sites excluding steroid dienone is 2. The first-order valence-electron chi connectivity index (χ1n) is 6.23. The van der Waals surface area contributed by atoms with Crippen molar-refractivity contribution in [2.24, 2.45) is 0 Å². The van der Waals surface area contributed by atoms with E-state index in [2.05, 4.69) is 66.5 Å². The number of ether oxygens (including phenoxy) is 1. The molecule has 0 aromatic carbocycles. The average molecular weight is 344 g/mol. The van der Waals surface area contributed by atoms with Crippen LogP contribution in [0.2, 0.25) is 13.1 Å². The van der Waals surface area contributed by atoms with Crippen LogP contribution < -0.4 is 0 Å². The summed E-state index contributed by atoms with van der Waals surface area (Å²) >= 11 is 2.25. The molecule has 0 bridgehead atoms. The zero-order valence-corrected chi connectivity index (χ0v) is 16.3. The van der Waals surface area contributed by atoms with Crippen molar-refractivity contribution in [3.8, 4) is 0 Å². The fourth-order valence-corrected chi connectivity index (χ4v) is 5.64.